The highest BCUT2D eigenvalue weighted by Crippen LogP contribution is 2.28. The molecule has 0 aliphatic heterocycles. The molecule has 0 aromatic carbocycles. The minimum atomic E-state index is 0.850. The molecule has 2 atom stereocenters. The van der Waals surface area contributed by atoms with Crippen molar-refractivity contribution in [3.63, 3.8) is 0 Å². The van der Waals surface area contributed by atoms with Crippen LogP contribution >= 0.6 is 45.2 Å². The summed E-state index contributed by atoms with van der Waals surface area (Å²) in [7, 11) is 0. The van der Waals surface area contributed by atoms with Crippen LogP contribution in [0.4, 0.5) is 0 Å². The van der Waals surface area contributed by atoms with E-state index >= 15 is 0 Å². The van der Waals surface area contributed by atoms with Crippen LogP contribution in [0.5, 0.6) is 0 Å². The van der Waals surface area contributed by atoms with Gasteiger partial charge in [0.1, 0.15) is 0 Å². The largest absolute Gasteiger partial charge is 0.0826 e. The Morgan fingerprint density at radius 3 is 2.50 bits per heavy atom. The third-order valence-corrected chi connectivity index (χ3v) is 3.53. The molecule has 0 bridgehead atoms. The first kappa shape index (κ1) is 7.57. The van der Waals surface area contributed by atoms with E-state index in [9.17, 15) is 0 Å². The molecule has 0 spiro atoms. The van der Waals surface area contributed by atoms with E-state index in [0.29, 0.717) is 0 Å². The van der Waals surface area contributed by atoms with Crippen LogP contribution in [0, 0.1) is 6.42 Å². The van der Waals surface area contributed by atoms with Gasteiger partial charge in [-0.15, -0.1) is 0 Å². The first-order valence-corrected chi connectivity index (χ1v) is 5.39. The molecule has 0 nitrogen and oxygen atoms in total. The van der Waals surface area contributed by atoms with E-state index in [2.05, 4.69) is 51.6 Å². The smallest absolute Gasteiger partial charge is 0.0151 e. The van der Waals surface area contributed by atoms with E-state index in [4.69, 9.17) is 0 Å². The van der Waals surface area contributed by atoms with Gasteiger partial charge < -0.3 is 0 Å². The summed E-state index contributed by atoms with van der Waals surface area (Å²) >= 11 is 5.06. The summed E-state index contributed by atoms with van der Waals surface area (Å²) in [6, 6.07) is 0. The van der Waals surface area contributed by atoms with Crippen molar-refractivity contribution >= 4 is 45.2 Å². The number of rotatable bonds is 0. The molecule has 0 aromatic rings. The Labute approximate surface area is 78.1 Å². The SMILES string of the molecule is IC1[CH]CCC(I)C1. The van der Waals surface area contributed by atoms with Crippen molar-refractivity contribution in [2.75, 3.05) is 0 Å². The average Bonchev–Trinajstić information content (AvgIpc) is 1.64. The van der Waals surface area contributed by atoms with E-state index < -0.39 is 0 Å². The lowest BCUT2D eigenvalue weighted by Crippen LogP contribution is -2.14. The summed E-state index contributed by atoms with van der Waals surface area (Å²) in [5.74, 6) is 0. The second-order valence-electron chi connectivity index (χ2n) is 2.16. The molecule has 8 heavy (non-hydrogen) atoms. The Morgan fingerprint density at radius 2 is 2.12 bits per heavy atom. The van der Waals surface area contributed by atoms with E-state index in [1.165, 1.54) is 19.3 Å². The monoisotopic (exact) mass is 335 g/mol. The van der Waals surface area contributed by atoms with E-state index in [1.54, 1.807) is 0 Å². The van der Waals surface area contributed by atoms with Crippen LogP contribution in [0.2, 0.25) is 0 Å². The van der Waals surface area contributed by atoms with Crippen molar-refractivity contribution in [2.45, 2.75) is 27.1 Å². The number of alkyl halides is 2. The molecule has 0 heterocycles. The molecule has 1 saturated carbocycles. The zero-order valence-electron chi connectivity index (χ0n) is 4.61. The summed E-state index contributed by atoms with van der Waals surface area (Å²) in [6.07, 6.45) is 6.55. The first-order valence-electron chi connectivity index (χ1n) is 2.90. The summed E-state index contributed by atoms with van der Waals surface area (Å²) in [5, 5.41) is 0. The third-order valence-electron chi connectivity index (χ3n) is 1.38. The van der Waals surface area contributed by atoms with Gasteiger partial charge >= 0.3 is 0 Å². The highest BCUT2D eigenvalue weighted by molar-refractivity contribution is 14.1. The molecule has 0 saturated heterocycles. The van der Waals surface area contributed by atoms with Gasteiger partial charge in [-0.1, -0.05) is 45.2 Å². The fraction of sp³-hybridized carbons (Fsp3) is 0.833. The summed E-state index contributed by atoms with van der Waals surface area (Å²) in [6.45, 7) is 0. The predicted octanol–water partition coefficient (Wildman–Crippen LogP) is 2.98. The fourth-order valence-electron chi connectivity index (χ4n) is 0.916. The number of halogens is 2. The molecule has 2 heteroatoms. The molecule has 1 fully saturated rings. The van der Waals surface area contributed by atoms with Crippen LogP contribution < -0.4 is 0 Å². The molecule has 1 rings (SSSR count). The Morgan fingerprint density at radius 1 is 1.38 bits per heavy atom. The molecule has 0 amide bonds. The lowest BCUT2D eigenvalue weighted by Gasteiger charge is -2.19. The summed E-state index contributed by atoms with van der Waals surface area (Å²) in [4.78, 5) is 0. The number of hydrogen-bond acceptors (Lipinski definition) is 0. The molecule has 1 radical (unpaired) electrons. The van der Waals surface area contributed by atoms with Gasteiger partial charge in [-0.05, 0) is 25.7 Å². The first-order chi connectivity index (χ1) is 3.79. The van der Waals surface area contributed by atoms with Crippen LogP contribution in [0.1, 0.15) is 19.3 Å². The van der Waals surface area contributed by atoms with Gasteiger partial charge in [0, 0.05) is 7.85 Å². The maximum Gasteiger partial charge on any atom is 0.0151 e. The van der Waals surface area contributed by atoms with E-state index in [1.807, 2.05) is 0 Å². The Balaban J connectivity index is 2.23. The van der Waals surface area contributed by atoms with Gasteiger partial charge in [0.2, 0.25) is 0 Å². The van der Waals surface area contributed by atoms with Crippen molar-refractivity contribution in [1.82, 2.24) is 0 Å². The zero-order valence-corrected chi connectivity index (χ0v) is 8.92. The molecule has 47 valence electrons. The van der Waals surface area contributed by atoms with Crippen LogP contribution in [-0.4, -0.2) is 7.85 Å². The van der Waals surface area contributed by atoms with Crippen molar-refractivity contribution in [1.29, 1.82) is 0 Å². The standard InChI is InChI=1S/C6H9I2/c7-5-2-1-3-6(8)4-5/h2,5-6H,1,3-4H2. The molecular formula is C6H9I2. The molecule has 0 N–H and O–H groups in total. The lowest BCUT2D eigenvalue weighted by atomic mass is 10.0. The van der Waals surface area contributed by atoms with Gasteiger partial charge in [0.25, 0.3) is 0 Å². The highest BCUT2D eigenvalue weighted by Gasteiger charge is 2.16. The predicted molar refractivity (Wildman–Crippen MR) is 53.8 cm³/mol. The van der Waals surface area contributed by atoms with Gasteiger partial charge in [0.05, 0.1) is 0 Å². The third kappa shape index (κ3) is 2.37. The van der Waals surface area contributed by atoms with Gasteiger partial charge in [-0.2, -0.15) is 0 Å². The van der Waals surface area contributed by atoms with Crippen molar-refractivity contribution in [3.8, 4) is 0 Å². The molecule has 1 aliphatic carbocycles. The van der Waals surface area contributed by atoms with Crippen LogP contribution in [0.25, 0.3) is 0 Å². The minimum Gasteiger partial charge on any atom is -0.0826 e. The second kappa shape index (κ2) is 3.58. The maximum absolute atomic E-state index is 2.55. The van der Waals surface area contributed by atoms with Crippen molar-refractivity contribution < 1.29 is 0 Å². The fourth-order valence-corrected chi connectivity index (χ4v) is 3.77. The van der Waals surface area contributed by atoms with E-state index in [0.717, 1.165) is 7.85 Å². The Kier molecular flexibility index (Phi) is 3.39. The van der Waals surface area contributed by atoms with Gasteiger partial charge in [-0.25, -0.2) is 0 Å². The van der Waals surface area contributed by atoms with Crippen LogP contribution in [0.15, 0.2) is 0 Å². The van der Waals surface area contributed by atoms with Crippen LogP contribution in [-0.2, 0) is 0 Å². The minimum absolute atomic E-state index is 0.850. The lowest BCUT2D eigenvalue weighted by molar-refractivity contribution is 0.647. The van der Waals surface area contributed by atoms with Crippen molar-refractivity contribution in [2.24, 2.45) is 0 Å². The van der Waals surface area contributed by atoms with Gasteiger partial charge in [-0.3, -0.25) is 0 Å². The quantitative estimate of drug-likeness (QED) is 0.472. The summed E-state index contributed by atoms with van der Waals surface area (Å²) in [5.41, 5.74) is 0. The maximum atomic E-state index is 2.55. The van der Waals surface area contributed by atoms with E-state index in [-0.39, 0.29) is 0 Å². The molecule has 2 unspecified atom stereocenters. The topological polar surface area (TPSA) is 0 Å². The highest BCUT2D eigenvalue weighted by atomic mass is 127. The number of hydrogen-bond donors (Lipinski definition) is 0. The molecule has 1 aliphatic rings. The normalized spacial score (nSPS) is 39.8. The summed E-state index contributed by atoms with van der Waals surface area (Å²) < 4.78 is 1.79. The average molecular weight is 335 g/mol. The van der Waals surface area contributed by atoms with Gasteiger partial charge in [0.15, 0.2) is 0 Å². The second-order valence-corrected chi connectivity index (χ2v) is 5.52. The molecular weight excluding hydrogens is 326 g/mol. The van der Waals surface area contributed by atoms with Crippen molar-refractivity contribution in [3.05, 3.63) is 6.42 Å². The molecule has 0 aromatic heterocycles. The Hall–Kier alpha value is 1.46. The zero-order chi connectivity index (χ0) is 5.98. The Bertz CT molecular complexity index is 64.9. The van der Waals surface area contributed by atoms with Crippen LogP contribution in [0.3, 0.4) is 0 Å².